The summed E-state index contributed by atoms with van der Waals surface area (Å²) in [5.41, 5.74) is 5.39. The summed E-state index contributed by atoms with van der Waals surface area (Å²) in [4.78, 5) is 24.0. The predicted octanol–water partition coefficient (Wildman–Crippen LogP) is 6.52. The van der Waals surface area contributed by atoms with Crippen molar-refractivity contribution in [3.05, 3.63) is 81.7 Å². The Hall–Kier alpha value is -2.55. The van der Waals surface area contributed by atoms with E-state index in [0.29, 0.717) is 36.0 Å². The van der Waals surface area contributed by atoms with Crippen molar-refractivity contribution in [2.75, 3.05) is 0 Å². The minimum Gasteiger partial charge on any atom is -0.295 e. The molecule has 0 spiro atoms. The minimum atomic E-state index is -0.175. The third kappa shape index (κ3) is 5.48. The van der Waals surface area contributed by atoms with Crippen LogP contribution in [0.5, 0.6) is 0 Å². The zero-order valence-corrected chi connectivity index (χ0v) is 17.3. The van der Waals surface area contributed by atoms with Gasteiger partial charge in [-0.05, 0) is 62.8 Å². The highest BCUT2D eigenvalue weighted by Gasteiger charge is 2.13. The molecule has 2 aromatic carbocycles. The molecule has 0 saturated carbocycles. The molecule has 0 bridgehead atoms. The monoisotopic (exact) mass is 380 g/mol. The van der Waals surface area contributed by atoms with Crippen molar-refractivity contribution in [2.24, 2.45) is 0 Å². The maximum absolute atomic E-state index is 14.0. The standard InChI is InChI=1S/C25H29FO2/c1-5-19(15-22-9-7-8-10-24(22)26)17(3)11-12-21-16-20(18(4)27)13-14-23(21)25(28)6-2/h7-10,13-14,16H,5-6,11-12,15H2,1-4H3. The van der Waals surface area contributed by atoms with Crippen molar-refractivity contribution in [3.8, 4) is 0 Å². The fraction of sp³-hybridized carbons (Fsp3) is 0.360. The molecule has 0 atom stereocenters. The Kier molecular flexibility index (Phi) is 7.86. The van der Waals surface area contributed by atoms with Crippen LogP contribution in [0.15, 0.2) is 53.6 Å². The Morgan fingerprint density at radius 3 is 2.25 bits per heavy atom. The van der Waals surface area contributed by atoms with Gasteiger partial charge >= 0.3 is 0 Å². The van der Waals surface area contributed by atoms with Crippen LogP contribution < -0.4 is 0 Å². The van der Waals surface area contributed by atoms with E-state index in [2.05, 4.69) is 13.8 Å². The summed E-state index contributed by atoms with van der Waals surface area (Å²) in [5.74, 6) is -0.0853. The van der Waals surface area contributed by atoms with E-state index in [4.69, 9.17) is 0 Å². The van der Waals surface area contributed by atoms with Crippen LogP contribution in [0.2, 0.25) is 0 Å². The first-order valence-corrected chi connectivity index (χ1v) is 9.95. The van der Waals surface area contributed by atoms with Gasteiger partial charge in [0, 0.05) is 17.5 Å². The minimum absolute atomic E-state index is 0.00203. The molecule has 148 valence electrons. The van der Waals surface area contributed by atoms with Gasteiger partial charge < -0.3 is 0 Å². The molecule has 3 heteroatoms. The molecule has 0 N–H and O–H groups in total. The molecule has 0 fully saturated rings. The van der Waals surface area contributed by atoms with E-state index < -0.39 is 0 Å². The van der Waals surface area contributed by atoms with E-state index in [1.807, 2.05) is 25.1 Å². The van der Waals surface area contributed by atoms with Crippen molar-refractivity contribution in [1.29, 1.82) is 0 Å². The first-order chi connectivity index (χ1) is 13.4. The molecule has 0 aliphatic carbocycles. The summed E-state index contributed by atoms with van der Waals surface area (Å²) < 4.78 is 14.0. The molecule has 0 aliphatic rings. The Bertz CT molecular complexity index is 893. The van der Waals surface area contributed by atoms with Crippen LogP contribution in [0.3, 0.4) is 0 Å². The molecule has 0 aromatic heterocycles. The number of allylic oxidation sites excluding steroid dienone is 2. The van der Waals surface area contributed by atoms with Gasteiger partial charge in [0.05, 0.1) is 0 Å². The van der Waals surface area contributed by atoms with E-state index in [1.165, 1.54) is 24.1 Å². The second-order valence-electron chi connectivity index (χ2n) is 7.21. The summed E-state index contributed by atoms with van der Waals surface area (Å²) in [6, 6.07) is 12.2. The maximum atomic E-state index is 14.0. The number of carbonyl (C=O) groups excluding carboxylic acids is 2. The molecular weight excluding hydrogens is 351 g/mol. The number of carbonyl (C=O) groups is 2. The lowest BCUT2D eigenvalue weighted by atomic mass is 9.91. The molecule has 0 amide bonds. The average Bonchev–Trinajstić information content (AvgIpc) is 2.70. The molecule has 0 saturated heterocycles. The number of hydrogen-bond donors (Lipinski definition) is 0. The lowest BCUT2D eigenvalue weighted by molar-refractivity contribution is 0.0982. The van der Waals surface area contributed by atoms with E-state index in [0.717, 1.165) is 18.4 Å². The van der Waals surface area contributed by atoms with Crippen molar-refractivity contribution in [1.82, 2.24) is 0 Å². The van der Waals surface area contributed by atoms with Crippen LogP contribution >= 0.6 is 0 Å². The Balaban J connectivity index is 2.26. The third-order valence-electron chi connectivity index (χ3n) is 5.29. The zero-order valence-electron chi connectivity index (χ0n) is 17.3. The number of rotatable bonds is 9. The van der Waals surface area contributed by atoms with Crippen LogP contribution in [0.4, 0.5) is 4.39 Å². The second-order valence-corrected chi connectivity index (χ2v) is 7.21. The highest BCUT2D eigenvalue weighted by Crippen LogP contribution is 2.23. The molecule has 28 heavy (non-hydrogen) atoms. The van der Waals surface area contributed by atoms with Gasteiger partial charge in [0.25, 0.3) is 0 Å². The largest absolute Gasteiger partial charge is 0.295 e. The summed E-state index contributed by atoms with van der Waals surface area (Å²) in [7, 11) is 0. The Labute approximate surface area is 167 Å². The van der Waals surface area contributed by atoms with Gasteiger partial charge in [-0.25, -0.2) is 4.39 Å². The van der Waals surface area contributed by atoms with Gasteiger partial charge in [-0.2, -0.15) is 0 Å². The van der Waals surface area contributed by atoms with Crippen LogP contribution in [0, 0.1) is 5.82 Å². The van der Waals surface area contributed by atoms with Crippen molar-refractivity contribution < 1.29 is 14.0 Å². The first-order valence-electron chi connectivity index (χ1n) is 9.95. The van der Waals surface area contributed by atoms with Crippen molar-refractivity contribution in [2.45, 2.75) is 59.8 Å². The highest BCUT2D eigenvalue weighted by atomic mass is 19.1. The Morgan fingerprint density at radius 2 is 1.64 bits per heavy atom. The smallest absolute Gasteiger partial charge is 0.162 e. The normalized spacial score (nSPS) is 11.9. The quantitative estimate of drug-likeness (QED) is 0.366. The molecule has 0 aliphatic heterocycles. The SMILES string of the molecule is CCC(=O)c1ccc(C(C)=O)cc1CCC(C)=C(CC)Cc1ccccc1F. The first kappa shape index (κ1) is 21.7. The average molecular weight is 381 g/mol. The van der Waals surface area contributed by atoms with E-state index in [-0.39, 0.29) is 17.4 Å². The van der Waals surface area contributed by atoms with Crippen LogP contribution in [0.1, 0.15) is 78.8 Å². The summed E-state index contributed by atoms with van der Waals surface area (Å²) in [6.45, 7) is 7.55. The molecule has 0 radical (unpaired) electrons. The molecule has 0 unspecified atom stereocenters. The van der Waals surface area contributed by atoms with Gasteiger partial charge in [0.1, 0.15) is 5.82 Å². The second kappa shape index (κ2) is 10.1. The van der Waals surface area contributed by atoms with Crippen LogP contribution in [-0.2, 0) is 12.8 Å². The Morgan fingerprint density at radius 1 is 0.929 bits per heavy atom. The fourth-order valence-electron chi connectivity index (χ4n) is 3.43. The number of aryl methyl sites for hydroxylation is 1. The zero-order chi connectivity index (χ0) is 20.7. The lowest BCUT2D eigenvalue weighted by Gasteiger charge is -2.14. The van der Waals surface area contributed by atoms with Crippen molar-refractivity contribution in [3.63, 3.8) is 0 Å². The van der Waals surface area contributed by atoms with Crippen LogP contribution in [-0.4, -0.2) is 11.6 Å². The molecule has 2 aromatic rings. The predicted molar refractivity (Wildman–Crippen MR) is 112 cm³/mol. The van der Waals surface area contributed by atoms with Gasteiger partial charge in [0.15, 0.2) is 11.6 Å². The number of hydrogen-bond acceptors (Lipinski definition) is 2. The summed E-state index contributed by atoms with van der Waals surface area (Å²) >= 11 is 0. The lowest BCUT2D eigenvalue weighted by Crippen LogP contribution is -2.06. The number of benzene rings is 2. The maximum Gasteiger partial charge on any atom is 0.162 e. The topological polar surface area (TPSA) is 34.1 Å². The molecular formula is C25H29FO2. The van der Waals surface area contributed by atoms with Gasteiger partial charge in [-0.15, -0.1) is 0 Å². The third-order valence-corrected chi connectivity index (χ3v) is 5.29. The number of Topliss-reactive ketones (excluding diaryl/α,β-unsaturated/α-hetero) is 2. The van der Waals surface area contributed by atoms with Crippen molar-refractivity contribution >= 4 is 11.6 Å². The molecule has 2 nitrogen and oxygen atoms in total. The van der Waals surface area contributed by atoms with E-state index in [9.17, 15) is 14.0 Å². The molecule has 2 rings (SSSR count). The van der Waals surface area contributed by atoms with Gasteiger partial charge in [0.2, 0.25) is 0 Å². The molecule has 0 heterocycles. The number of halogens is 1. The summed E-state index contributed by atoms with van der Waals surface area (Å²) in [5, 5.41) is 0. The van der Waals surface area contributed by atoms with Gasteiger partial charge in [-0.1, -0.05) is 55.3 Å². The summed E-state index contributed by atoms with van der Waals surface area (Å²) in [6.07, 6.45) is 3.37. The number of ketones is 2. The fourth-order valence-corrected chi connectivity index (χ4v) is 3.43. The van der Waals surface area contributed by atoms with E-state index in [1.54, 1.807) is 18.2 Å². The van der Waals surface area contributed by atoms with E-state index >= 15 is 0 Å². The van der Waals surface area contributed by atoms with Gasteiger partial charge in [-0.3, -0.25) is 9.59 Å². The van der Waals surface area contributed by atoms with Crippen LogP contribution in [0.25, 0.3) is 0 Å². The highest BCUT2D eigenvalue weighted by molar-refractivity contribution is 6.00.